The summed E-state index contributed by atoms with van der Waals surface area (Å²) in [6.07, 6.45) is -0.515. The molecule has 1 aromatic rings. The summed E-state index contributed by atoms with van der Waals surface area (Å²) in [6.45, 7) is -0.450. The van der Waals surface area contributed by atoms with Gasteiger partial charge in [-0.25, -0.2) is 0 Å². The van der Waals surface area contributed by atoms with Crippen LogP contribution in [0.4, 0.5) is 0 Å². The molecule has 0 spiro atoms. The van der Waals surface area contributed by atoms with E-state index in [0.29, 0.717) is 6.42 Å². The van der Waals surface area contributed by atoms with Gasteiger partial charge in [-0.05, 0) is 5.56 Å². The lowest BCUT2D eigenvalue weighted by Crippen LogP contribution is -2.15. The third kappa shape index (κ3) is 3.00. The zero-order valence-corrected chi connectivity index (χ0v) is 6.68. The van der Waals surface area contributed by atoms with Crippen molar-refractivity contribution in [3.05, 3.63) is 35.9 Å². The van der Waals surface area contributed by atoms with Gasteiger partial charge in [0.1, 0.15) is 6.79 Å². The van der Waals surface area contributed by atoms with Crippen molar-refractivity contribution in [2.45, 2.75) is 12.7 Å². The Labute approximate surface area is 71.2 Å². The van der Waals surface area contributed by atoms with E-state index in [1.165, 1.54) is 0 Å². The maximum atomic E-state index is 9.12. The molecule has 1 aromatic carbocycles. The van der Waals surface area contributed by atoms with E-state index in [1.54, 1.807) is 0 Å². The van der Waals surface area contributed by atoms with Crippen LogP contribution < -0.4 is 0 Å². The smallest absolute Gasteiger partial charge is 0.161 e. The second kappa shape index (κ2) is 4.87. The minimum atomic E-state index is -0.919. The summed E-state index contributed by atoms with van der Waals surface area (Å²) >= 11 is 0. The number of aliphatic hydroxyl groups excluding tert-OH is 2. The number of hydrogen-bond acceptors (Lipinski definition) is 3. The summed E-state index contributed by atoms with van der Waals surface area (Å²) in [4.78, 5) is 0. The number of benzene rings is 1. The molecule has 66 valence electrons. The highest BCUT2D eigenvalue weighted by Crippen LogP contribution is 2.03. The second-order valence-corrected chi connectivity index (χ2v) is 2.44. The molecular weight excluding hydrogens is 156 g/mol. The first-order chi connectivity index (χ1) is 5.83. The van der Waals surface area contributed by atoms with Gasteiger partial charge in [0.2, 0.25) is 0 Å². The lowest BCUT2D eigenvalue weighted by atomic mass is 10.1. The molecule has 1 atom stereocenters. The predicted octanol–water partition coefficient (Wildman–Crippen LogP) is 0.514. The fourth-order valence-corrected chi connectivity index (χ4v) is 0.961. The maximum Gasteiger partial charge on any atom is 0.161 e. The highest BCUT2D eigenvalue weighted by atomic mass is 16.7. The van der Waals surface area contributed by atoms with Crippen molar-refractivity contribution in [1.29, 1.82) is 0 Å². The van der Waals surface area contributed by atoms with Crippen LogP contribution in [0.2, 0.25) is 0 Å². The van der Waals surface area contributed by atoms with Crippen LogP contribution in [0.3, 0.4) is 0 Å². The molecule has 0 fully saturated rings. The van der Waals surface area contributed by atoms with Crippen LogP contribution in [0.1, 0.15) is 5.56 Å². The summed E-state index contributed by atoms with van der Waals surface area (Å²) in [5.74, 6) is 0. The molecule has 2 N–H and O–H groups in total. The number of hydrogen-bond donors (Lipinski definition) is 2. The fraction of sp³-hybridized carbons (Fsp3) is 0.333. The molecule has 3 heteroatoms. The van der Waals surface area contributed by atoms with Crippen LogP contribution in [-0.4, -0.2) is 23.3 Å². The Morgan fingerprint density at radius 2 is 1.92 bits per heavy atom. The first-order valence-electron chi connectivity index (χ1n) is 3.77. The van der Waals surface area contributed by atoms with Crippen molar-refractivity contribution < 1.29 is 14.9 Å². The van der Waals surface area contributed by atoms with Gasteiger partial charge in [-0.1, -0.05) is 30.3 Å². The standard InChI is InChI=1S/C9H12O3/c10-7-12-9(11)6-8-4-2-1-3-5-8/h1-5,9-11H,6-7H2. The van der Waals surface area contributed by atoms with Crippen molar-refractivity contribution >= 4 is 0 Å². The zero-order chi connectivity index (χ0) is 8.81. The molecular formula is C9H12O3. The molecule has 1 rings (SSSR count). The summed E-state index contributed by atoms with van der Waals surface area (Å²) in [5.41, 5.74) is 0.985. The predicted molar refractivity (Wildman–Crippen MR) is 44.3 cm³/mol. The van der Waals surface area contributed by atoms with Crippen molar-refractivity contribution in [3.8, 4) is 0 Å². The van der Waals surface area contributed by atoms with Gasteiger partial charge in [0.25, 0.3) is 0 Å². The molecule has 0 amide bonds. The molecule has 0 saturated heterocycles. The van der Waals surface area contributed by atoms with Crippen LogP contribution in [0, 0.1) is 0 Å². The number of rotatable bonds is 4. The molecule has 1 unspecified atom stereocenters. The third-order valence-electron chi connectivity index (χ3n) is 1.52. The van der Waals surface area contributed by atoms with Crippen LogP contribution in [0.25, 0.3) is 0 Å². The minimum Gasteiger partial charge on any atom is -0.371 e. The fourth-order valence-electron chi connectivity index (χ4n) is 0.961. The monoisotopic (exact) mass is 168 g/mol. The summed E-state index contributed by atoms with van der Waals surface area (Å²) < 4.78 is 4.56. The van der Waals surface area contributed by atoms with Gasteiger partial charge >= 0.3 is 0 Å². The van der Waals surface area contributed by atoms with Crippen molar-refractivity contribution in [1.82, 2.24) is 0 Å². The Kier molecular flexibility index (Phi) is 3.73. The topological polar surface area (TPSA) is 49.7 Å². The Morgan fingerprint density at radius 1 is 1.25 bits per heavy atom. The average molecular weight is 168 g/mol. The molecule has 0 aliphatic heterocycles. The Bertz CT molecular complexity index is 210. The normalized spacial score (nSPS) is 12.8. The van der Waals surface area contributed by atoms with Gasteiger partial charge in [0, 0.05) is 6.42 Å². The quantitative estimate of drug-likeness (QED) is 0.644. The largest absolute Gasteiger partial charge is 0.371 e. The molecule has 0 heterocycles. The summed E-state index contributed by atoms with van der Waals surface area (Å²) in [5, 5.41) is 17.5. The van der Waals surface area contributed by atoms with Gasteiger partial charge in [-0.3, -0.25) is 0 Å². The number of ether oxygens (including phenoxy) is 1. The molecule has 0 saturated carbocycles. The second-order valence-electron chi connectivity index (χ2n) is 2.44. The Morgan fingerprint density at radius 3 is 2.50 bits per heavy atom. The van der Waals surface area contributed by atoms with E-state index in [4.69, 9.17) is 10.2 Å². The molecule has 0 radical (unpaired) electrons. The van der Waals surface area contributed by atoms with E-state index < -0.39 is 13.1 Å². The third-order valence-corrected chi connectivity index (χ3v) is 1.52. The highest BCUT2D eigenvalue weighted by molar-refractivity contribution is 5.14. The van der Waals surface area contributed by atoms with Gasteiger partial charge in [0.15, 0.2) is 6.29 Å². The first-order valence-corrected chi connectivity index (χ1v) is 3.77. The summed E-state index contributed by atoms with van der Waals surface area (Å²) in [6, 6.07) is 9.47. The van der Waals surface area contributed by atoms with Crippen LogP contribution in [-0.2, 0) is 11.2 Å². The van der Waals surface area contributed by atoms with Crippen LogP contribution >= 0.6 is 0 Å². The minimum absolute atomic E-state index is 0.404. The molecule has 0 aromatic heterocycles. The van der Waals surface area contributed by atoms with Crippen molar-refractivity contribution in [3.63, 3.8) is 0 Å². The van der Waals surface area contributed by atoms with Gasteiger partial charge in [-0.15, -0.1) is 0 Å². The van der Waals surface area contributed by atoms with Crippen LogP contribution in [0.15, 0.2) is 30.3 Å². The van der Waals surface area contributed by atoms with E-state index >= 15 is 0 Å². The van der Waals surface area contributed by atoms with Gasteiger partial charge < -0.3 is 14.9 Å². The Hall–Kier alpha value is -0.900. The number of aliphatic hydroxyl groups is 2. The van der Waals surface area contributed by atoms with Crippen LogP contribution in [0.5, 0.6) is 0 Å². The van der Waals surface area contributed by atoms with E-state index in [2.05, 4.69) is 4.74 Å². The summed E-state index contributed by atoms with van der Waals surface area (Å²) in [7, 11) is 0. The van der Waals surface area contributed by atoms with E-state index in [1.807, 2.05) is 30.3 Å². The Balaban J connectivity index is 2.41. The highest BCUT2D eigenvalue weighted by Gasteiger charge is 2.03. The lowest BCUT2D eigenvalue weighted by molar-refractivity contribution is -0.149. The molecule has 0 bridgehead atoms. The SMILES string of the molecule is OCOC(O)Cc1ccccc1. The van der Waals surface area contributed by atoms with Crippen molar-refractivity contribution in [2.24, 2.45) is 0 Å². The van der Waals surface area contributed by atoms with E-state index in [0.717, 1.165) is 5.56 Å². The molecule has 0 aliphatic carbocycles. The van der Waals surface area contributed by atoms with Crippen molar-refractivity contribution in [2.75, 3.05) is 6.79 Å². The maximum absolute atomic E-state index is 9.12. The van der Waals surface area contributed by atoms with E-state index in [9.17, 15) is 0 Å². The molecule has 0 aliphatic rings. The first kappa shape index (κ1) is 9.19. The van der Waals surface area contributed by atoms with Gasteiger partial charge in [0.05, 0.1) is 0 Å². The molecule has 12 heavy (non-hydrogen) atoms. The molecule has 3 nitrogen and oxygen atoms in total. The zero-order valence-electron chi connectivity index (χ0n) is 6.68. The van der Waals surface area contributed by atoms with E-state index in [-0.39, 0.29) is 0 Å². The van der Waals surface area contributed by atoms with Gasteiger partial charge in [-0.2, -0.15) is 0 Å². The average Bonchev–Trinajstić information content (AvgIpc) is 2.06. The lowest BCUT2D eigenvalue weighted by Gasteiger charge is -2.08.